The number of benzene rings is 1. The van der Waals surface area contributed by atoms with Crippen LogP contribution in [0.15, 0.2) is 41.1 Å². The highest BCUT2D eigenvalue weighted by Crippen LogP contribution is 2.31. The first-order chi connectivity index (χ1) is 11.3. The van der Waals surface area contributed by atoms with E-state index >= 15 is 0 Å². The number of halogens is 1. The number of fused-ring (bicyclic) bond motifs is 1. The molecule has 0 radical (unpaired) electrons. The lowest BCUT2D eigenvalue weighted by Crippen LogP contribution is -2.16. The zero-order chi connectivity index (χ0) is 17.3. The Labute approximate surface area is 148 Å². The summed E-state index contributed by atoms with van der Waals surface area (Å²) in [5, 5.41) is 11.4. The standard InChI is InChI=1S/C17H18BrN5O/c1-17(2,3)10-23-13-5-4-12(14(18)15(13)21-22-23)20-16(24)11-6-8-19-9-7-11/h4-9H,10H2,1-3H3,(H,20,24). The van der Waals surface area contributed by atoms with Crippen LogP contribution < -0.4 is 5.32 Å². The molecule has 2 heterocycles. The van der Waals surface area contributed by atoms with Crippen molar-refractivity contribution >= 4 is 38.6 Å². The predicted octanol–water partition coefficient (Wildman–Crippen LogP) is 3.89. The van der Waals surface area contributed by atoms with Gasteiger partial charge >= 0.3 is 0 Å². The molecule has 0 aliphatic rings. The van der Waals surface area contributed by atoms with Crippen LogP contribution in [0.2, 0.25) is 0 Å². The van der Waals surface area contributed by atoms with Crippen molar-refractivity contribution in [2.24, 2.45) is 5.41 Å². The predicted molar refractivity (Wildman–Crippen MR) is 96.9 cm³/mol. The van der Waals surface area contributed by atoms with Gasteiger partial charge in [-0.25, -0.2) is 4.68 Å². The molecule has 0 saturated heterocycles. The van der Waals surface area contributed by atoms with Crippen LogP contribution in [0.4, 0.5) is 5.69 Å². The number of carbonyl (C=O) groups is 1. The molecule has 3 aromatic rings. The number of rotatable bonds is 3. The molecule has 7 heteroatoms. The van der Waals surface area contributed by atoms with Gasteiger partial charge in [0.15, 0.2) is 0 Å². The minimum atomic E-state index is -0.195. The average molecular weight is 388 g/mol. The van der Waals surface area contributed by atoms with Crippen LogP contribution in [-0.2, 0) is 6.54 Å². The number of anilines is 1. The van der Waals surface area contributed by atoms with Gasteiger partial charge in [-0.1, -0.05) is 26.0 Å². The summed E-state index contributed by atoms with van der Waals surface area (Å²) in [5.74, 6) is -0.195. The normalized spacial score (nSPS) is 11.7. The summed E-state index contributed by atoms with van der Waals surface area (Å²) in [7, 11) is 0. The maximum Gasteiger partial charge on any atom is 0.255 e. The Morgan fingerprint density at radius 2 is 1.92 bits per heavy atom. The Hall–Kier alpha value is -2.28. The number of nitrogens with one attached hydrogen (secondary N) is 1. The van der Waals surface area contributed by atoms with Gasteiger partial charge in [-0.3, -0.25) is 9.78 Å². The highest BCUT2D eigenvalue weighted by atomic mass is 79.9. The summed E-state index contributed by atoms with van der Waals surface area (Å²) >= 11 is 3.53. The molecule has 1 N–H and O–H groups in total. The van der Waals surface area contributed by atoms with E-state index < -0.39 is 0 Å². The molecule has 2 aromatic heterocycles. The molecule has 0 saturated carbocycles. The maximum absolute atomic E-state index is 12.3. The number of carbonyl (C=O) groups excluding carboxylic acids is 1. The van der Waals surface area contributed by atoms with E-state index in [1.165, 1.54) is 0 Å². The van der Waals surface area contributed by atoms with Crippen LogP contribution in [0, 0.1) is 5.41 Å². The third-order valence-electron chi connectivity index (χ3n) is 3.44. The minimum absolute atomic E-state index is 0.0985. The zero-order valence-corrected chi connectivity index (χ0v) is 15.3. The Kier molecular flexibility index (Phi) is 4.36. The van der Waals surface area contributed by atoms with Crippen LogP contribution >= 0.6 is 15.9 Å². The highest BCUT2D eigenvalue weighted by molar-refractivity contribution is 9.10. The van der Waals surface area contributed by atoms with Gasteiger partial charge in [0, 0.05) is 24.5 Å². The van der Waals surface area contributed by atoms with E-state index in [1.807, 2.05) is 16.8 Å². The van der Waals surface area contributed by atoms with E-state index in [-0.39, 0.29) is 11.3 Å². The SMILES string of the molecule is CC(C)(C)Cn1nnc2c(Br)c(NC(=O)c3ccncc3)ccc21. The summed E-state index contributed by atoms with van der Waals surface area (Å²) in [6, 6.07) is 7.12. The molecule has 1 aromatic carbocycles. The van der Waals surface area contributed by atoms with Crippen molar-refractivity contribution in [2.45, 2.75) is 27.3 Å². The Bertz CT molecular complexity index is 883. The molecule has 124 valence electrons. The third-order valence-corrected chi connectivity index (χ3v) is 4.24. The molecule has 0 aliphatic carbocycles. The van der Waals surface area contributed by atoms with E-state index in [4.69, 9.17) is 0 Å². The first-order valence-corrected chi connectivity index (χ1v) is 8.37. The van der Waals surface area contributed by atoms with E-state index in [2.05, 4.69) is 57.3 Å². The van der Waals surface area contributed by atoms with Crippen molar-refractivity contribution in [1.29, 1.82) is 0 Å². The summed E-state index contributed by atoms with van der Waals surface area (Å²) < 4.78 is 2.61. The molecule has 3 rings (SSSR count). The van der Waals surface area contributed by atoms with Crippen molar-refractivity contribution in [2.75, 3.05) is 5.32 Å². The van der Waals surface area contributed by atoms with Gasteiger partial charge in [0.05, 0.1) is 15.7 Å². The van der Waals surface area contributed by atoms with Gasteiger partial charge in [0.25, 0.3) is 5.91 Å². The van der Waals surface area contributed by atoms with E-state index in [0.717, 1.165) is 22.1 Å². The van der Waals surface area contributed by atoms with Crippen LogP contribution in [0.5, 0.6) is 0 Å². The van der Waals surface area contributed by atoms with Crippen LogP contribution in [-0.4, -0.2) is 25.9 Å². The van der Waals surface area contributed by atoms with Crippen molar-refractivity contribution in [3.05, 3.63) is 46.7 Å². The fourth-order valence-electron chi connectivity index (χ4n) is 2.37. The Morgan fingerprint density at radius 3 is 2.58 bits per heavy atom. The van der Waals surface area contributed by atoms with Gasteiger partial charge in [0.2, 0.25) is 0 Å². The first-order valence-electron chi connectivity index (χ1n) is 7.58. The second-order valence-electron chi connectivity index (χ2n) is 6.79. The lowest BCUT2D eigenvalue weighted by molar-refractivity contribution is 0.102. The van der Waals surface area contributed by atoms with Crippen molar-refractivity contribution in [3.63, 3.8) is 0 Å². The molecule has 0 bridgehead atoms. The average Bonchev–Trinajstić information content (AvgIpc) is 2.92. The number of nitrogens with zero attached hydrogens (tertiary/aromatic N) is 4. The van der Waals surface area contributed by atoms with E-state index in [0.29, 0.717) is 11.3 Å². The fraction of sp³-hybridized carbons (Fsp3) is 0.294. The second-order valence-corrected chi connectivity index (χ2v) is 7.59. The smallest absolute Gasteiger partial charge is 0.255 e. The van der Waals surface area contributed by atoms with Gasteiger partial charge in [-0.05, 0) is 45.6 Å². The lowest BCUT2D eigenvalue weighted by Gasteiger charge is -2.18. The van der Waals surface area contributed by atoms with E-state index in [1.54, 1.807) is 24.5 Å². The van der Waals surface area contributed by atoms with Gasteiger partial charge in [-0.2, -0.15) is 0 Å². The van der Waals surface area contributed by atoms with Gasteiger partial charge in [0.1, 0.15) is 5.52 Å². The summed E-state index contributed by atoms with van der Waals surface area (Å²) in [4.78, 5) is 16.2. The molecule has 1 amide bonds. The Balaban J connectivity index is 1.91. The molecule has 0 atom stereocenters. The van der Waals surface area contributed by atoms with Crippen molar-refractivity contribution in [1.82, 2.24) is 20.0 Å². The quantitative estimate of drug-likeness (QED) is 0.739. The van der Waals surface area contributed by atoms with Gasteiger partial charge in [-0.15, -0.1) is 5.10 Å². The maximum atomic E-state index is 12.3. The molecule has 0 aliphatic heterocycles. The molecule has 0 spiro atoms. The van der Waals surface area contributed by atoms with Crippen molar-refractivity contribution in [3.8, 4) is 0 Å². The number of hydrogen-bond acceptors (Lipinski definition) is 4. The molecule has 0 unspecified atom stereocenters. The molecule has 6 nitrogen and oxygen atoms in total. The monoisotopic (exact) mass is 387 g/mol. The van der Waals surface area contributed by atoms with E-state index in [9.17, 15) is 4.79 Å². The molecule has 24 heavy (non-hydrogen) atoms. The van der Waals surface area contributed by atoms with Crippen LogP contribution in [0.25, 0.3) is 11.0 Å². The van der Waals surface area contributed by atoms with Crippen LogP contribution in [0.3, 0.4) is 0 Å². The molecular formula is C17H18BrN5O. The zero-order valence-electron chi connectivity index (χ0n) is 13.7. The summed E-state index contributed by atoms with van der Waals surface area (Å²) in [5.41, 5.74) is 2.97. The number of amides is 1. The topological polar surface area (TPSA) is 72.7 Å². The van der Waals surface area contributed by atoms with Crippen LogP contribution in [0.1, 0.15) is 31.1 Å². The summed E-state index contributed by atoms with van der Waals surface area (Å²) in [6.07, 6.45) is 3.18. The third kappa shape index (κ3) is 3.46. The molecule has 0 fully saturated rings. The number of aromatic nitrogens is 4. The Morgan fingerprint density at radius 1 is 1.21 bits per heavy atom. The number of pyridine rings is 1. The summed E-state index contributed by atoms with van der Waals surface area (Å²) in [6.45, 7) is 7.22. The largest absolute Gasteiger partial charge is 0.321 e. The minimum Gasteiger partial charge on any atom is -0.321 e. The second kappa shape index (κ2) is 6.32. The van der Waals surface area contributed by atoms with Crippen molar-refractivity contribution < 1.29 is 4.79 Å². The number of hydrogen-bond donors (Lipinski definition) is 1. The fourth-order valence-corrected chi connectivity index (χ4v) is 2.88. The molecular weight excluding hydrogens is 370 g/mol. The lowest BCUT2D eigenvalue weighted by atomic mass is 9.97. The first kappa shape index (κ1) is 16.6. The van der Waals surface area contributed by atoms with Gasteiger partial charge < -0.3 is 5.32 Å². The highest BCUT2D eigenvalue weighted by Gasteiger charge is 2.18.